The fourth-order valence-corrected chi connectivity index (χ4v) is 3.87. The van der Waals surface area contributed by atoms with E-state index in [1.165, 1.54) is 22.5 Å². The molecular weight excluding hydrogens is 348 g/mol. The lowest BCUT2D eigenvalue weighted by atomic mass is 10.0. The number of rotatable bonds is 5. The number of hydrogen-bond donors (Lipinski definition) is 1. The molecule has 0 bridgehead atoms. The Morgan fingerprint density at radius 1 is 0.964 bits per heavy atom. The third kappa shape index (κ3) is 3.34. The summed E-state index contributed by atoms with van der Waals surface area (Å²) in [5, 5.41) is 7.87. The van der Waals surface area contributed by atoms with Crippen LogP contribution in [0.5, 0.6) is 0 Å². The molecule has 0 radical (unpaired) electrons. The Labute approximate surface area is 163 Å². The topological polar surface area (TPSA) is 62.6 Å². The van der Waals surface area contributed by atoms with E-state index in [1.807, 2.05) is 12.3 Å². The standard InChI is InChI=1S/C22H22N6/c1-2-6-17(7-3-1)14-21-19-16-27(13-9-20(19)25-26-21)15-18-8-4-12-28(18)22-23-10-5-11-24-22/h1-8,10-12H,9,13-16H2,(H,25,26). The average molecular weight is 370 g/mol. The van der Waals surface area contributed by atoms with E-state index in [-0.39, 0.29) is 0 Å². The van der Waals surface area contributed by atoms with Gasteiger partial charge in [0.1, 0.15) is 0 Å². The molecule has 1 N–H and O–H groups in total. The van der Waals surface area contributed by atoms with Crippen LogP contribution in [0.3, 0.4) is 0 Å². The molecule has 0 aliphatic carbocycles. The van der Waals surface area contributed by atoms with Crippen LogP contribution in [0.2, 0.25) is 0 Å². The molecule has 0 fully saturated rings. The highest BCUT2D eigenvalue weighted by molar-refractivity contribution is 5.32. The Hall–Kier alpha value is -3.25. The Morgan fingerprint density at radius 2 is 1.82 bits per heavy atom. The first-order valence-electron chi connectivity index (χ1n) is 9.62. The highest BCUT2D eigenvalue weighted by Crippen LogP contribution is 2.24. The van der Waals surface area contributed by atoms with Gasteiger partial charge in [-0.3, -0.25) is 14.6 Å². The molecule has 1 aromatic carbocycles. The van der Waals surface area contributed by atoms with E-state index < -0.39 is 0 Å². The number of fused-ring (bicyclic) bond motifs is 1. The summed E-state index contributed by atoms with van der Waals surface area (Å²) in [5.41, 5.74) is 6.28. The lowest BCUT2D eigenvalue weighted by Crippen LogP contribution is -2.31. The first-order chi connectivity index (χ1) is 13.9. The van der Waals surface area contributed by atoms with Gasteiger partial charge < -0.3 is 0 Å². The summed E-state index contributed by atoms with van der Waals surface area (Å²) in [7, 11) is 0. The molecular formula is C22H22N6. The van der Waals surface area contributed by atoms with Gasteiger partial charge in [0.2, 0.25) is 5.95 Å². The van der Waals surface area contributed by atoms with Crippen molar-refractivity contribution in [1.29, 1.82) is 0 Å². The Balaban J connectivity index is 1.35. The van der Waals surface area contributed by atoms with Gasteiger partial charge in [-0.05, 0) is 23.8 Å². The molecule has 4 aromatic rings. The zero-order valence-electron chi connectivity index (χ0n) is 15.6. The van der Waals surface area contributed by atoms with Crippen LogP contribution in [0.25, 0.3) is 5.95 Å². The lowest BCUT2D eigenvalue weighted by molar-refractivity contribution is 0.240. The normalized spacial score (nSPS) is 14.1. The fourth-order valence-electron chi connectivity index (χ4n) is 3.87. The number of hydrogen-bond acceptors (Lipinski definition) is 4. The molecule has 28 heavy (non-hydrogen) atoms. The van der Waals surface area contributed by atoms with Crippen molar-refractivity contribution in [3.05, 3.63) is 95.3 Å². The van der Waals surface area contributed by atoms with Gasteiger partial charge in [0.25, 0.3) is 0 Å². The first kappa shape index (κ1) is 16.9. The molecule has 4 heterocycles. The van der Waals surface area contributed by atoms with Gasteiger partial charge in [0.15, 0.2) is 0 Å². The van der Waals surface area contributed by atoms with E-state index in [2.05, 4.69) is 72.1 Å². The number of nitrogens with zero attached hydrogens (tertiary/aromatic N) is 5. The molecule has 3 aromatic heterocycles. The van der Waals surface area contributed by atoms with E-state index in [0.717, 1.165) is 38.2 Å². The van der Waals surface area contributed by atoms with Crippen LogP contribution < -0.4 is 0 Å². The number of aromatic nitrogens is 5. The van der Waals surface area contributed by atoms with Gasteiger partial charge in [-0.1, -0.05) is 30.3 Å². The lowest BCUT2D eigenvalue weighted by Gasteiger charge is -2.27. The molecule has 1 aliphatic rings. The molecule has 1 aliphatic heterocycles. The van der Waals surface area contributed by atoms with Crippen LogP contribution in [-0.4, -0.2) is 36.2 Å². The number of aromatic amines is 1. The number of nitrogens with one attached hydrogen (secondary N) is 1. The van der Waals surface area contributed by atoms with Gasteiger partial charge in [0.05, 0.1) is 5.69 Å². The van der Waals surface area contributed by atoms with Crippen LogP contribution in [0.1, 0.15) is 28.2 Å². The van der Waals surface area contributed by atoms with Crippen LogP contribution in [0.4, 0.5) is 0 Å². The second-order valence-electron chi connectivity index (χ2n) is 7.17. The largest absolute Gasteiger partial charge is 0.293 e. The zero-order valence-corrected chi connectivity index (χ0v) is 15.6. The molecule has 0 spiro atoms. The summed E-state index contributed by atoms with van der Waals surface area (Å²) in [4.78, 5) is 11.2. The van der Waals surface area contributed by atoms with Gasteiger partial charge in [0, 0.05) is 68.0 Å². The SMILES string of the molecule is c1ccc(Cc2n[nH]c3c2CN(Cc2cccn2-c2ncccn2)CC3)cc1. The van der Waals surface area contributed by atoms with E-state index in [9.17, 15) is 0 Å². The van der Waals surface area contributed by atoms with Crippen LogP contribution in [0, 0.1) is 0 Å². The Bertz CT molecular complexity index is 1050. The van der Waals surface area contributed by atoms with Crippen LogP contribution in [-0.2, 0) is 25.9 Å². The minimum Gasteiger partial charge on any atom is -0.293 e. The predicted molar refractivity (Wildman–Crippen MR) is 107 cm³/mol. The molecule has 140 valence electrons. The predicted octanol–water partition coefficient (Wildman–Crippen LogP) is 3.14. The summed E-state index contributed by atoms with van der Waals surface area (Å²) < 4.78 is 2.07. The highest BCUT2D eigenvalue weighted by Gasteiger charge is 2.23. The molecule has 6 heteroatoms. The monoisotopic (exact) mass is 370 g/mol. The summed E-state index contributed by atoms with van der Waals surface area (Å²) >= 11 is 0. The molecule has 5 rings (SSSR count). The number of H-pyrrole nitrogens is 1. The average Bonchev–Trinajstić information content (AvgIpc) is 3.37. The molecule has 6 nitrogen and oxygen atoms in total. The van der Waals surface area contributed by atoms with Crippen molar-refractivity contribution in [2.24, 2.45) is 0 Å². The van der Waals surface area contributed by atoms with Crippen molar-refractivity contribution in [3.8, 4) is 5.95 Å². The van der Waals surface area contributed by atoms with Crippen LogP contribution in [0.15, 0.2) is 67.1 Å². The third-order valence-corrected chi connectivity index (χ3v) is 5.30. The first-order valence-corrected chi connectivity index (χ1v) is 9.62. The van der Waals surface area contributed by atoms with Gasteiger partial charge in [-0.2, -0.15) is 5.10 Å². The van der Waals surface area contributed by atoms with Crippen molar-refractivity contribution < 1.29 is 0 Å². The maximum absolute atomic E-state index is 4.61. The van der Waals surface area contributed by atoms with Crippen LogP contribution >= 0.6 is 0 Å². The quantitative estimate of drug-likeness (QED) is 0.586. The van der Waals surface area contributed by atoms with Crippen molar-refractivity contribution in [1.82, 2.24) is 29.6 Å². The zero-order chi connectivity index (χ0) is 18.8. The minimum absolute atomic E-state index is 0.716. The number of benzene rings is 1. The molecule has 0 atom stereocenters. The van der Waals surface area contributed by atoms with Crippen molar-refractivity contribution in [2.75, 3.05) is 6.54 Å². The molecule has 0 saturated heterocycles. The maximum atomic E-state index is 4.61. The van der Waals surface area contributed by atoms with E-state index in [4.69, 9.17) is 0 Å². The Kier molecular flexibility index (Phi) is 4.47. The van der Waals surface area contributed by atoms with E-state index in [1.54, 1.807) is 12.4 Å². The highest BCUT2D eigenvalue weighted by atomic mass is 15.2. The summed E-state index contributed by atoms with van der Waals surface area (Å²) in [6, 6.07) is 16.6. The summed E-state index contributed by atoms with van der Waals surface area (Å²) in [5.74, 6) is 0.716. The molecule has 0 amide bonds. The van der Waals surface area contributed by atoms with Gasteiger partial charge >= 0.3 is 0 Å². The molecule has 0 unspecified atom stereocenters. The smallest absolute Gasteiger partial charge is 0.233 e. The Morgan fingerprint density at radius 3 is 2.68 bits per heavy atom. The second-order valence-corrected chi connectivity index (χ2v) is 7.17. The summed E-state index contributed by atoms with van der Waals surface area (Å²) in [6.07, 6.45) is 7.45. The van der Waals surface area contributed by atoms with E-state index in [0.29, 0.717) is 5.95 Å². The maximum Gasteiger partial charge on any atom is 0.233 e. The van der Waals surface area contributed by atoms with Crippen molar-refractivity contribution in [2.45, 2.75) is 25.9 Å². The third-order valence-electron chi connectivity index (χ3n) is 5.30. The van der Waals surface area contributed by atoms with Crippen molar-refractivity contribution >= 4 is 0 Å². The van der Waals surface area contributed by atoms with E-state index >= 15 is 0 Å². The summed E-state index contributed by atoms with van der Waals surface area (Å²) in [6.45, 7) is 2.79. The van der Waals surface area contributed by atoms with Gasteiger partial charge in [-0.15, -0.1) is 0 Å². The van der Waals surface area contributed by atoms with Crippen molar-refractivity contribution in [3.63, 3.8) is 0 Å². The fraction of sp³-hybridized carbons (Fsp3) is 0.227. The molecule has 0 saturated carbocycles. The minimum atomic E-state index is 0.716. The van der Waals surface area contributed by atoms with Gasteiger partial charge in [-0.25, -0.2) is 9.97 Å². The second kappa shape index (κ2) is 7.40.